The number of nitrogens with one attached hydrogen (secondary N) is 1. The van der Waals surface area contributed by atoms with Crippen molar-refractivity contribution >= 4 is 32.6 Å². The summed E-state index contributed by atoms with van der Waals surface area (Å²) in [6, 6.07) is 13.8. The minimum atomic E-state index is -3.93. The van der Waals surface area contributed by atoms with Gasteiger partial charge in [0.1, 0.15) is 6.07 Å². The number of anilines is 1. The Bertz CT molecular complexity index is 1110. The van der Waals surface area contributed by atoms with Gasteiger partial charge in [0.15, 0.2) is 4.91 Å². The molecule has 9 heteroatoms. The second kappa shape index (κ2) is 13.4. The predicted molar refractivity (Wildman–Crippen MR) is 134 cm³/mol. The van der Waals surface area contributed by atoms with Crippen LogP contribution in [0.5, 0.6) is 0 Å². The third-order valence-corrected chi connectivity index (χ3v) is 6.98. The Morgan fingerprint density at radius 3 is 2.41 bits per heavy atom. The molecule has 0 spiro atoms. The second-order valence-corrected chi connectivity index (χ2v) is 9.81. The summed E-state index contributed by atoms with van der Waals surface area (Å²) in [6.07, 6.45) is 5.12. The van der Waals surface area contributed by atoms with Gasteiger partial charge in [0.25, 0.3) is 10.0 Å². The minimum Gasteiger partial charge on any atom is -0.382 e. The second-order valence-electron chi connectivity index (χ2n) is 8.07. The van der Waals surface area contributed by atoms with Gasteiger partial charge in [-0.1, -0.05) is 18.2 Å². The highest BCUT2D eigenvalue weighted by atomic mass is 32.2. The van der Waals surface area contributed by atoms with Gasteiger partial charge in [-0.2, -0.15) is 5.26 Å². The molecule has 1 N–H and O–H groups in total. The lowest BCUT2D eigenvalue weighted by Gasteiger charge is -2.29. The highest BCUT2D eigenvalue weighted by Crippen LogP contribution is 2.26. The van der Waals surface area contributed by atoms with Crippen molar-refractivity contribution in [3.05, 3.63) is 46.9 Å². The zero-order valence-electron chi connectivity index (χ0n) is 19.7. The van der Waals surface area contributed by atoms with Crippen LogP contribution in [0.15, 0.2) is 41.3 Å². The molecule has 1 heterocycles. The first-order valence-corrected chi connectivity index (χ1v) is 13.1. The van der Waals surface area contributed by atoms with Crippen LogP contribution in [0.4, 0.5) is 5.69 Å². The molecule has 0 amide bonds. The smallest absolute Gasteiger partial charge is 0.250 e. The van der Waals surface area contributed by atoms with E-state index in [1.165, 1.54) is 31.0 Å². The molecular formula is C25H33N3O5S. The summed E-state index contributed by atoms with van der Waals surface area (Å²) >= 11 is 0. The average Bonchev–Trinajstić information content (AvgIpc) is 2.86. The number of sulfonamides is 1. The molecule has 0 bridgehead atoms. The molecule has 1 saturated heterocycles. The van der Waals surface area contributed by atoms with Crippen molar-refractivity contribution in [1.82, 2.24) is 4.72 Å². The van der Waals surface area contributed by atoms with Crippen LogP contribution in [0.25, 0.3) is 16.8 Å². The van der Waals surface area contributed by atoms with Crippen LogP contribution in [-0.2, 0) is 24.2 Å². The van der Waals surface area contributed by atoms with Crippen LogP contribution in [0, 0.1) is 11.3 Å². The van der Waals surface area contributed by atoms with Crippen molar-refractivity contribution in [1.29, 1.82) is 5.26 Å². The third kappa shape index (κ3) is 7.79. The van der Waals surface area contributed by atoms with E-state index < -0.39 is 10.0 Å². The summed E-state index contributed by atoms with van der Waals surface area (Å²) in [4.78, 5) is 2.07. The van der Waals surface area contributed by atoms with E-state index >= 15 is 0 Å². The first-order valence-electron chi connectivity index (χ1n) is 11.6. The predicted octanol–water partition coefficient (Wildman–Crippen LogP) is 3.29. The molecule has 1 aliphatic heterocycles. The van der Waals surface area contributed by atoms with Gasteiger partial charge in [-0.15, -0.1) is 0 Å². The van der Waals surface area contributed by atoms with E-state index in [4.69, 9.17) is 14.2 Å². The van der Waals surface area contributed by atoms with Crippen molar-refractivity contribution in [2.75, 3.05) is 64.7 Å². The summed E-state index contributed by atoms with van der Waals surface area (Å²) in [6.45, 7) is 4.16. The lowest BCUT2D eigenvalue weighted by atomic mass is 10.0. The Hall–Kier alpha value is -2.48. The van der Waals surface area contributed by atoms with Gasteiger partial charge in [-0.05, 0) is 59.9 Å². The maximum absolute atomic E-state index is 12.6. The highest BCUT2D eigenvalue weighted by Gasteiger charge is 2.17. The van der Waals surface area contributed by atoms with Crippen molar-refractivity contribution in [2.24, 2.45) is 0 Å². The maximum Gasteiger partial charge on any atom is 0.250 e. The van der Waals surface area contributed by atoms with Crippen LogP contribution >= 0.6 is 0 Å². The SMILES string of the molecule is COCCOCCOCCNS(=O)(=O)C(C#N)=Cc1ccc2cc(N3CCCCC3)ccc2c1. The molecule has 0 atom stereocenters. The quantitative estimate of drug-likeness (QED) is 0.342. The molecule has 8 nitrogen and oxygen atoms in total. The molecule has 184 valence electrons. The molecule has 2 aromatic rings. The van der Waals surface area contributed by atoms with Crippen LogP contribution in [0.2, 0.25) is 0 Å². The number of piperidine rings is 1. The molecule has 0 aliphatic carbocycles. The first-order chi connectivity index (χ1) is 16.5. The Morgan fingerprint density at radius 2 is 1.68 bits per heavy atom. The van der Waals surface area contributed by atoms with Gasteiger partial charge < -0.3 is 19.1 Å². The highest BCUT2D eigenvalue weighted by molar-refractivity contribution is 7.93. The fourth-order valence-corrected chi connectivity index (χ4v) is 4.72. The zero-order valence-corrected chi connectivity index (χ0v) is 20.5. The molecule has 3 rings (SSSR count). The summed E-state index contributed by atoms with van der Waals surface area (Å²) in [5.74, 6) is 0. The molecule has 1 fully saturated rings. The molecule has 1 aliphatic rings. The van der Waals surface area contributed by atoms with Crippen LogP contribution in [0.1, 0.15) is 24.8 Å². The average molecular weight is 488 g/mol. The molecule has 0 aromatic heterocycles. The van der Waals surface area contributed by atoms with E-state index in [0.717, 1.165) is 23.9 Å². The number of hydrogen-bond acceptors (Lipinski definition) is 7. The van der Waals surface area contributed by atoms with E-state index in [1.807, 2.05) is 24.3 Å². The van der Waals surface area contributed by atoms with Crippen molar-refractivity contribution in [2.45, 2.75) is 19.3 Å². The molecule has 0 saturated carbocycles. The van der Waals surface area contributed by atoms with Gasteiger partial charge >= 0.3 is 0 Å². The van der Waals surface area contributed by atoms with Gasteiger partial charge in [0.2, 0.25) is 0 Å². The zero-order chi connectivity index (χ0) is 24.2. The summed E-state index contributed by atoms with van der Waals surface area (Å²) < 4.78 is 43.0. The van der Waals surface area contributed by atoms with E-state index in [0.29, 0.717) is 32.0 Å². The summed E-state index contributed by atoms with van der Waals surface area (Å²) in [5.41, 5.74) is 1.87. The third-order valence-electron chi connectivity index (χ3n) is 5.61. The van der Waals surface area contributed by atoms with E-state index in [9.17, 15) is 13.7 Å². The number of allylic oxidation sites excluding steroid dienone is 1. The lowest BCUT2D eigenvalue weighted by molar-refractivity contribution is 0.0263. The number of hydrogen-bond donors (Lipinski definition) is 1. The Balaban J connectivity index is 1.57. The molecule has 0 radical (unpaired) electrons. The number of nitriles is 1. The van der Waals surface area contributed by atoms with Gasteiger partial charge in [0.05, 0.1) is 33.0 Å². The van der Waals surface area contributed by atoms with Gasteiger partial charge in [-0.25, -0.2) is 13.1 Å². The van der Waals surface area contributed by atoms with Crippen molar-refractivity contribution in [3.63, 3.8) is 0 Å². The lowest BCUT2D eigenvalue weighted by Crippen LogP contribution is -2.29. The Morgan fingerprint density at radius 1 is 1.00 bits per heavy atom. The Labute approximate surface area is 202 Å². The number of nitrogens with zero attached hydrogens (tertiary/aromatic N) is 2. The largest absolute Gasteiger partial charge is 0.382 e. The minimum absolute atomic E-state index is 0.0659. The number of methoxy groups -OCH3 is 1. The topological polar surface area (TPSA) is 101 Å². The van der Waals surface area contributed by atoms with Crippen LogP contribution in [-0.4, -0.2) is 68.2 Å². The van der Waals surface area contributed by atoms with E-state index in [1.54, 1.807) is 13.2 Å². The number of benzene rings is 2. The van der Waals surface area contributed by atoms with Crippen LogP contribution in [0.3, 0.4) is 0 Å². The normalized spacial score (nSPS) is 14.9. The number of fused-ring (bicyclic) bond motifs is 1. The number of ether oxygens (including phenoxy) is 3. The summed E-state index contributed by atoms with van der Waals surface area (Å²) in [7, 11) is -2.34. The fraction of sp³-hybridized carbons (Fsp3) is 0.480. The van der Waals surface area contributed by atoms with E-state index in [-0.39, 0.29) is 18.1 Å². The van der Waals surface area contributed by atoms with Gasteiger partial charge in [0, 0.05) is 32.4 Å². The standard InChI is InChI=1S/C25H33N3O5S/c1-31-13-14-33-16-15-32-12-9-27-34(29,30)25(20-26)18-21-5-6-23-19-24(8-7-22(23)17-21)28-10-3-2-4-11-28/h5-8,17-19,27H,2-4,9-16H2,1H3. The van der Waals surface area contributed by atoms with Gasteiger partial charge in [-0.3, -0.25) is 0 Å². The molecule has 0 unspecified atom stereocenters. The number of rotatable bonds is 13. The van der Waals surface area contributed by atoms with Crippen molar-refractivity contribution < 1.29 is 22.6 Å². The molecule has 2 aromatic carbocycles. The monoisotopic (exact) mass is 487 g/mol. The van der Waals surface area contributed by atoms with E-state index in [2.05, 4.69) is 21.8 Å². The van der Waals surface area contributed by atoms with Crippen molar-refractivity contribution in [3.8, 4) is 6.07 Å². The van der Waals surface area contributed by atoms with Crippen LogP contribution < -0.4 is 9.62 Å². The maximum atomic E-state index is 12.6. The molecule has 34 heavy (non-hydrogen) atoms. The summed E-state index contributed by atoms with van der Waals surface area (Å²) in [5, 5.41) is 11.5. The first kappa shape index (κ1) is 26.1. The molecular weight excluding hydrogens is 454 g/mol. The Kier molecular flexibility index (Phi) is 10.3. The fourth-order valence-electron chi connectivity index (χ4n) is 3.80.